The maximum absolute atomic E-state index is 12.6. The van der Waals surface area contributed by atoms with Crippen molar-refractivity contribution in [1.29, 1.82) is 5.26 Å². The molecule has 1 atom stereocenters. The van der Waals surface area contributed by atoms with E-state index in [9.17, 15) is 14.9 Å². The highest BCUT2D eigenvalue weighted by molar-refractivity contribution is 6.30. The summed E-state index contributed by atoms with van der Waals surface area (Å²) in [5, 5.41) is 10.2. The Morgan fingerprint density at radius 2 is 1.66 bits per heavy atom. The van der Waals surface area contributed by atoms with Crippen LogP contribution in [0, 0.1) is 25.2 Å². The molecule has 2 aromatic carbocycles. The van der Waals surface area contributed by atoms with Crippen molar-refractivity contribution in [1.82, 2.24) is 4.57 Å². The summed E-state index contributed by atoms with van der Waals surface area (Å²) in [4.78, 5) is 24.7. The summed E-state index contributed by atoms with van der Waals surface area (Å²) >= 11 is 6.05. The number of amides is 1. The number of hydrogen-bond donors (Lipinski definition) is 1. The third-order valence-electron chi connectivity index (χ3n) is 4.91. The van der Waals surface area contributed by atoms with Crippen LogP contribution in [0.3, 0.4) is 0 Å². The average molecular weight is 406 g/mol. The summed E-state index contributed by atoms with van der Waals surface area (Å²) in [6.07, 6.45) is 0. The molecule has 1 heterocycles. The van der Waals surface area contributed by atoms with Gasteiger partial charge in [-0.15, -0.1) is 0 Å². The Hall–Kier alpha value is -3.36. The van der Waals surface area contributed by atoms with E-state index in [4.69, 9.17) is 17.3 Å². The summed E-state index contributed by atoms with van der Waals surface area (Å²) in [6.45, 7) is 5.21. The number of nitrogens with zero attached hydrogens (tertiary/aromatic N) is 2. The zero-order valence-electron chi connectivity index (χ0n) is 16.4. The number of aryl methyl sites for hydroxylation is 1. The highest BCUT2D eigenvalue weighted by Crippen LogP contribution is 2.39. The predicted octanol–water partition coefficient (Wildman–Crippen LogP) is 4.71. The fraction of sp³-hybridized carbons (Fsp3) is 0.174. The summed E-state index contributed by atoms with van der Waals surface area (Å²) < 4.78 is 1.89. The molecule has 0 saturated carbocycles. The Morgan fingerprint density at radius 1 is 1.07 bits per heavy atom. The number of aromatic nitrogens is 1. The van der Waals surface area contributed by atoms with Gasteiger partial charge in [0.05, 0.1) is 11.8 Å². The van der Waals surface area contributed by atoms with E-state index >= 15 is 0 Å². The Labute approximate surface area is 174 Å². The fourth-order valence-corrected chi connectivity index (χ4v) is 3.74. The first-order valence-electron chi connectivity index (χ1n) is 9.04. The second kappa shape index (κ2) is 7.94. The maximum atomic E-state index is 12.6. The van der Waals surface area contributed by atoms with E-state index in [1.807, 2.05) is 41.8 Å². The van der Waals surface area contributed by atoms with E-state index in [1.54, 1.807) is 31.2 Å². The lowest BCUT2D eigenvalue weighted by Gasteiger charge is -2.15. The van der Waals surface area contributed by atoms with Crippen LogP contribution in [0.2, 0.25) is 5.02 Å². The van der Waals surface area contributed by atoms with Crippen LogP contribution in [0.1, 0.15) is 40.0 Å². The molecule has 6 heteroatoms. The molecule has 0 aliphatic heterocycles. The van der Waals surface area contributed by atoms with Gasteiger partial charge in [-0.25, -0.2) is 0 Å². The molecule has 146 valence electrons. The summed E-state index contributed by atoms with van der Waals surface area (Å²) in [6, 6.07) is 16.8. The van der Waals surface area contributed by atoms with Crippen molar-refractivity contribution in [3.63, 3.8) is 0 Å². The van der Waals surface area contributed by atoms with Gasteiger partial charge in [0, 0.05) is 27.5 Å². The molecule has 0 fully saturated rings. The number of benzene rings is 2. The van der Waals surface area contributed by atoms with Gasteiger partial charge in [-0.1, -0.05) is 41.4 Å². The first-order valence-corrected chi connectivity index (χ1v) is 9.42. The number of ketones is 1. The van der Waals surface area contributed by atoms with Crippen LogP contribution in [0.4, 0.5) is 0 Å². The fourth-order valence-electron chi connectivity index (χ4n) is 3.62. The quantitative estimate of drug-likeness (QED) is 0.623. The number of halogens is 1. The van der Waals surface area contributed by atoms with Crippen molar-refractivity contribution < 1.29 is 9.59 Å². The van der Waals surface area contributed by atoms with Crippen molar-refractivity contribution in [2.24, 2.45) is 5.73 Å². The molecule has 0 aliphatic rings. The summed E-state index contributed by atoms with van der Waals surface area (Å²) in [5.41, 5.74) is 10.0. The second-order valence-corrected chi connectivity index (χ2v) is 7.36. The molecule has 0 unspecified atom stereocenters. The van der Waals surface area contributed by atoms with Crippen LogP contribution in [0.5, 0.6) is 0 Å². The Balaban J connectivity index is 2.49. The largest absolute Gasteiger partial charge is 0.368 e. The normalized spacial score (nSPS) is 11.7. The van der Waals surface area contributed by atoms with E-state index in [2.05, 4.69) is 0 Å². The van der Waals surface area contributed by atoms with Gasteiger partial charge < -0.3 is 10.3 Å². The Kier molecular flexibility index (Phi) is 5.58. The lowest BCUT2D eigenvalue weighted by Crippen LogP contribution is -2.22. The van der Waals surface area contributed by atoms with Crippen molar-refractivity contribution in [2.75, 3.05) is 0 Å². The predicted molar refractivity (Wildman–Crippen MR) is 113 cm³/mol. The van der Waals surface area contributed by atoms with E-state index in [0.717, 1.165) is 16.8 Å². The van der Waals surface area contributed by atoms with E-state index < -0.39 is 11.8 Å². The molecular weight excluding hydrogens is 386 g/mol. The van der Waals surface area contributed by atoms with Crippen LogP contribution < -0.4 is 5.73 Å². The van der Waals surface area contributed by atoms with Gasteiger partial charge in [0.15, 0.2) is 11.7 Å². The molecule has 5 nitrogen and oxygen atoms in total. The lowest BCUT2D eigenvalue weighted by atomic mass is 9.91. The summed E-state index contributed by atoms with van der Waals surface area (Å²) in [7, 11) is 0. The Morgan fingerprint density at radius 3 is 2.14 bits per heavy atom. The zero-order chi connectivity index (χ0) is 21.3. The molecule has 1 aromatic heterocycles. The topological polar surface area (TPSA) is 88.9 Å². The number of nitriles is 1. The number of nitrogens with two attached hydrogens (primary N) is 1. The average Bonchev–Trinajstić information content (AvgIpc) is 2.96. The van der Waals surface area contributed by atoms with Crippen molar-refractivity contribution >= 4 is 23.3 Å². The monoisotopic (exact) mass is 405 g/mol. The zero-order valence-corrected chi connectivity index (χ0v) is 17.1. The SMILES string of the molecule is CC(=O)c1c([C@H](C#N)C(N)=O)c(-c2ccc(Cl)cc2)n(-c2ccc(C)cc2)c1C. The lowest BCUT2D eigenvalue weighted by molar-refractivity contribution is -0.118. The summed E-state index contributed by atoms with van der Waals surface area (Å²) in [5.74, 6) is -2.30. The minimum Gasteiger partial charge on any atom is -0.368 e. The van der Waals surface area contributed by atoms with E-state index in [1.165, 1.54) is 6.92 Å². The van der Waals surface area contributed by atoms with E-state index in [0.29, 0.717) is 27.5 Å². The van der Waals surface area contributed by atoms with Crippen LogP contribution in [-0.2, 0) is 4.79 Å². The third-order valence-corrected chi connectivity index (χ3v) is 5.16. The van der Waals surface area contributed by atoms with Gasteiger partial charge in [-0.2, -0.15) is 5.26 Å². The molecule has 3 rings (SSSR count). The van der Waals surface area contributed by atoms with Gasteiger partial charge in [-0.05, 0) is 50.6 Å². The van der Waals surface area contributed by atoms with Gasteiger partial charge in [0.2, 0.25) is 5.91 Å². The first kappa shape index (κ1) is 20.4. The van der Waals surface area contributed by atoms with Crippen molar-refractivity contribution in [3.05, 3.63) is 75.9 Å². The maximum Gasteiger partial charge on any atom is 0.239 e. The van der Waals surface area contributed by atoms with E-state index in [-0.39, 0.29) is 5.78 Å². The van der Waals surface area contributed by atoms with Gasteiger partial charge in [0.25, 0.3) is 0 Å². The van der Waals surface area contributed by atoms with Crippen LogP contribution in [0.15, 0.2) is 48.5 Å². The third kappa shape index (κ3) is 3.67. The molecule has 0 spiro atoms. The number of carbonyl (C=O) groups excluding carboxylic acids is 2. The van der Waals surface area contributed by atoms with Crippen LogP contribution in [-0.4, -0.2) is 16.3 Å². The van der Waals surface area contributed by atoms with Crippen LogP contribution in [0.25, 0.3) is 16.9 Å². The minimum atomic E-state index is -1.26. The highest BCUT2D eigenvalue weighted by Gasteiger charge is 2.32. The van der Waals surface area contributed by atoms with Crippen molar-refractivity contribution in [3.8, 4) is 23.0 Å². The molecular formula is C23H20ClN3O2. The highest BCUT2D eigenvalue weighted by atomic mass is 35.5. The molecule has 0 bridgehead atoms. The molecule has 1 amide bonds. The number of carbonyl (C=O) groups is 2. The molecule has 29 heavy (non-hydrogen) atoms. The first-order chi connectivity index (χ1) is 13.8. The molecule has 2 N–H and O–H groups in total. The van der Waals surface area contributed by atoms with Gasteiger partial charge in [-0.3, -0.25) is 9.59 Å². The number of primary amides is 1. The van der Waals surface area contributed by atoms with Crippen molar-refractivity contribution in [2.45, 2.75) is 26.7 Å². The molecule has 0 radical (unpaired) electrons. The molecule has 0 saturated heterocycles. The van der Waals surface area contributed by atoms with Gasteiger partial charge >= 0.3 is 0 Å². The molecule has 0 aliphatic carbocycles. The van der Waals surface area contributed by atoms with Crippen LogP contribution >= 0.6 is 11.6 Å². The molecule has 3 aromatic rings. The Bertz CT molecular complexity index is 1140. The standard InChI is InChI=1S/C23H20ClN3O2/c1-13-4-10-18(11-5-13)27-14(2)20(15(3)28)21(19(12-25)23(26)29)22(27)16-6-8-17(24)9-7-16/h4-11,19H,1-3H3,(H2,26,29)/t19-/m0/s1. The number of hydrogen-bond acceptors (Lipinski definition) is 3. The van der Waals surface area contributed by atoms with Gasteiger partial charge in [0.1, 0.15) is 0 Å². The second-order valence-electron chi connectivity index (χ2n) is 6.92. The number of Topliss-reactive ketones (excluding diaryl/α,β-unsaturated/α-hetero) is 1. The minimum absolute atomic E-state index is 0.236. The smallest absolute Gasteiger partial charge is 0.239 e. The number of rotatable bonds is 5.